The van der Waals surface area contributed by atoms with Gasteiger partial charge in [0, 0.05) is 6.04 Å². The van der Waals surface area contributed by atoms with Crippen molar-refractivity contribution in [3.8, 4) is 0 Å². The van der Waals surface area contributed by atoms with Gasteiger partial charge in [-0.05, 0) is 51.2 Å². The van der Waals surface area contributed by atoms with Crippen LogP contribution in [0.15, 0.2) is 18.2 Å². The Labute approximate surface area is 138 Å². The van der Waals surface area contributed by atoms with Crippen LogP contribution in [0, 0.1) is 19.8 Å². The van der Waals surface area contributed by atoms with Crippen LogP contribution >= 0.6 is 0 Å². The molecule has 1 fully saturated rings. The number of amides is 1. The topological polar surface area (TPSA) is 46.6 Å². The summed E-state index contributed by atoms with van der Waals surface area (Å²) in [5.41, 5.74) is 3.33. The maximum absolute atomic E-state index is 12.8. The number of esters is 1. The molecule has 2 rings (SSSR count). The fourth-order valence-electron chi connectivity index (χ4n) is 3.37. The number of carbonyl (C=O) groups excluding carboxylic acids is 2. The lowest BCUT2D eigenvalue weighted by Gasteiger charge is -2.28. The summed E-state index contributed by atoms with van der Waals surface area (Å²) in [5, 5.41) is 0. The molecule has 1 aliphatic rings. The quantitative estimate of drug-likeness (QED) is 0.802. The summed E-state index contributed by atoms with van der Waals surface area (Å²) in [4.78, 5) is 26.8. The van der Waals surface area contributed by atoms with Gasteiger partial charge in [-0.15, -0.1) is 0 Å². The van der Waals surface area contributed by atoms with E-state index >= 15 is 0 Å². The fraction of sp³-hybridized carbons (Fsp3) is 0.579. The van der Waals surface area contributed by atoms with Gasteiger partial charge in [0.1, 0.15) is 6.04 Å². The lowest BCUT2D eigenvalue weighted by molar-refractivity contribution is -0.153. The SMILES string of the molecule is CCOC(=O)C1CC(C)C(C)N1C(=O)Cc1ccc(C)cc1C. The van der Waals surface area contributed by atoms with E-state index in [4.69, 9.17) is 4.74 Å². The van der Waals surface area contributed by atoms with Gasteiger partial charge in [-0.25, -0.2) is 4.79 Å². The maximum Gasteiger partial charge on any atom is 0.328 e. The predicted octanol–water partition coefficient (Wildman–Crippen LogP) is 3.03. The van der Waals surface area contributed by atoms with Crippen LogP contribution in [0.4, 0.5) is 0 Å². The third kappa shape index (κ3) is 3.74. The summed E-state index contributed by atoms with van der Waals surface area (Å²) in [7, 11) is 0. The second-order valence-electron chi connectivity index (χ2n) is 6.63. The van der Waals surface area contributed by atoms with Gasteiger partial charge in [0.25, 0.3) is 0 Å². The molecule has 23 heavy (non-hydrogen) atoms. The summed E-state index contributed by atoms with van der Waals surface area (Å²) in [5.74, 6) is 0.0250. The van der Waals surface area contributed by atoms with Gasteiger partial charge >= 0.3 is 5.97 Å². The lowest BCUT2D eigenvalue weighted by atomic mass is 10.0. The number of hydrogen-bond donors (Lipinski definition) is 0. The van der Waals surface area contributed by atoms with E-state index in [9.17, 15) is 9.59 Å². The number of hydrogen-bond acceptors (Lipinski definition) is 3. The smallest absolute Gasteiger partial charge is 0.328 e. The first-order chi connectivity index (χ1) is 10.8. The first-order valence-corrected chi connectivity index (χ1v) is 8.39. The normalized spacial score (nSPS) is 23.9. The Hall–Kier alpha value is -1.84. The van der Waals surface area contributed by atoms with Crippen molar-refractivity contribution in [3.05, 3.63) is 34.9 Å². The number of carbonyl (C=O) groups is 2. The zero-order valence-electron chi connectivity index (χ0n) is 14.8. The molecule has 1 heterocycles. The molecule has 4 nitrogen and oxygen atoms in total. The van der Waals surface area contributed by atoms with Gasteiger partial charge in [0.2, 0.25) is 5.91 Å². The van der Waals surface area contributed by atoms with Crippen molar-refractivity contribution in [2.75, 3.05) is 6.61 Å². The van der Waals surface area contributed by atoms with E-state index in [1.54, 1.807) is 11.8 Å². The van der Waals surface area contributed by atoms with E-state index in [0.717, 1.165) is 11.1 Å². The van der Waals surface area contributed by atoms with Crippen LogP contribution in [-0.4, -0.2) is 35.5 Å². The van der Waals surface area contributed by atoms with Crippen LogP contribution in [-0.2, 0) is 20.7 Å². The predicted molar refractivity (Wildman–Crippen MR) is 90.1 cm³/mol. The zero-order valence-corrected chi connectivity index (χ0v) is 14.8. The number of aryl methyl sites for hydroxylation is 2. The average molecular weight is 317 g/mol. The van der Waals surface area contributed by atoms with Gasteiger partial charge in [-0.3, -0.25) is 4.79 Å². The van der Waals surface area contributed by atoms with Gasteiger partial charge < -0.3 is 9.64 Å². The van der Waals surface area contributed by atoms with Crippen LogP contribution in [0.1, 0.15) is 43.9 Å². The van der Waals surface area contributed by atoms with Crippen molar-refractivity contribution in [3.63, 3.8) is 0 Å². The van der Waals surface area contributed by atoms with E-state index < -0.39 is 6.04 Å². The summed E-state index contributed by atoms with van der Waals surface area (Å²) < 4.78 is 5.16. The molecule has 1 amide bonds. The second kappa shape index (κ2) is 7.16. The van der Waals surface area contributed by atoms with Crippen molar-refractivity contribution in [1.29, 1.82) is 0 Å². The zero-order chi connectivity index (χ0) is 17.1. The highest BCUT2D eigenvalue weighted by Gasteiger charge is 2.43. The molecule has 126 valence electrons. The third-order valence-corrected chi connectivity index (χ3v) is 4.88. The largest absolute Gasteiger partial charge is 0.464 e. The fourth-order valence-corrected chi connectivity index (χ4v) is 3.37. The Kier molecular flexibility index (Phi) is 5.45. The van der Waals surface area contributed by atoms with E-state index in [1.807, 2.05) is 32.9 Å². The highest BCUT2D eigenvalue weighted by molar-refractivity contribution is 5.87. The summed E-state index contributed by atoms with van der Waals surface area (Å²) in [6.45, 7) is 10.3. The lowest BCUT2D eigenvalue weighted by Crippen LogP contribution is -2.45. The first-order valence-electron chi connectivity index (χ1n) is 8.39. The molecule has 0 radical (unpaired) electrons. The minimum absolute atomic E-state index is 0.00635. The standard InChI is InChI=1S/C19H27NO3/c1-6-23-19(22)17-10-13(3)15(5)20(17)18(21)11-16-8-7-12(2)9-14(16)4/h7-9,13,15,17H,6,10-11H2,1-5H3. The summed E-state index contributed by atoms with van der Waals surface area (Å²) >= 11 is 0. The molecule has 3 atom stereocenters. The molecule has 4 heteroatoms. The molecule has 1 saturated heterocycles. The van der Waals surface area contributed by atoms with Crippen molar-refractivity contribution in [2.24, 2.45) is 5.92 Å². The van der Waals surface area contributed by atoms with Crippen LogP contribution in [0.3, 0.4) is 0 Å². The van der Waals surface area contributed by atoms with E-state index in [1.165, 1.54) is 5.56 Å². The highest BCUT2D eigenvalue weighted by Crippen LogP contribution is 2.31. The Morgan fingerprint density at radius 1 is 1.26 bits per heavy atom. The van der Waals surface area contributed by atoms with E-state index in [-0.39, 0.29) is 17.9 Å². The number of ether oxygens (including phenoxy) is 1. The second-order valence-corrected chi connectivity index (χ2v) is 6.63. The Morgan fingerprint density at radius 3 is 2.57 bits per heavy atom. The molecule has 0 bridgehead atoms. The summed E-state index contributed by atoms with van der Waals surface area (Å²) in [6.07, 6.45) is 1.01. The molecule has 1 aromatic carbocycles. The number of likely N-dealkylation sites (tertiary alicyclic amines) is 1. The minimum atomic E-state index is -0.446. The summed E-state index contributed by atoms with van der Waals surface area (Å²) in [6, 6.07) is 5.73. The van der Waals surface area contributed by atoms with Crippen molar-refractivity contribution < 1.29 is 14.3 Å². The van der Waals surface area contributed by atoms with Gasteiger partial charge in [-0.1, -0.05) is 30.7 Å². The molecule has 0 aliphatic carbocycles. The maximum atomic E-state index is 12.8. The van der Waals surface area contributed by atoms with Gasteiger partial charge in [0.05, 0.1) is 13.0 Å². The molecule has 0 saturated carbocycles. The Morgan fingerprint density at radius 2 is 1.96 bits per heavy atom. The van der Waals surface area contributed by atoms with Crippen LogP contribution < -0.4 is 0 Å². The molecule has 0 spiro atoms. The molecule has 1 aliphatic heterocycles. The van der Waals surface area contributed by atoms with Crippen LogP contribution in [0.2, 0.25) is 0 Å². The monoisotopic (exact) mass is 317 g/mol. The Balaban J connectivity index is 2.19. The number of rotatable bonds is 4. The Bertz CT molecular complexity index is 596. The van der Waals surface area contributed by atoms with Crippen molar-refractivity contribution in [1.82, 2.24) is 4.90 Å². The van der Waals surface area contributed by atoms with Gasteiger partial charge in [-0.2, -0.15) is 0 Å². The van der Waals surface area contributed by atoms with Crippen LogP contribution in [0.5, 0.6) is 0 Å². The molecular weight excluding hydrogens is 290 g/mol. The van der Waals surface area contributed by atoms with E-state index in [2.05, 4.69) is 13.0 Å². The molecular formula is C19H27NO3. The average Bonchev–Trinajstić information content (AvgIpc) is 2.78. The molecule has 1 aromatic rings. The first kappa shape index (κ1) is 17.5. The molecule has 3 unspecified atom stereocenters. The number of nitrogens with zero attached hydrogens (tertiary/aromatic N) is 1. The van der Waals surface area contributed by atoms with Crippen molar-refractivity contribution >= 4 is 11.9 Å². The number of benzene rings is 1. The van der Waals surface area contributed by atoms with Crippen LogP contribution in [0.25, 0.3) is 0 Å². The van der Waals surface area contributed by atoms with Gasteiger partial charge in [0.15, 0.2) is 0 Å². The third-order valence-electron chi connectivity index (χ3n) is 4.88. The molecule has 0 N–H and O–H groups in total. The molecule has 0 aromatic heterocycles. The van der Waals surface area contributed by atoms with Crippen molar-refractivity contribution in [2.45, 2.75) is 59.5 Å². The van der Waals surface area contributed by atoms with E-state index in [0.29, 0.717) is 25.4 Å². The highest BCUT2D eigenvalue weighted by atomic mass is 16.5. The minimum Gasteiger partial charge on any atom is -0.464 e.